The number of aryl methyl sites for hydroxylation is 1. The van der Waals surface area contributed by atoms with Gasteiger partial charge in [-0.2, -0.15) is 0 Å². The third-order valence-corrected chi connectivity index (χ3v) is 4.27. The monoisotopic (exact) mass is 259 g/mol. The summed E-state index contributed by atoms with van der Waals surface area (Å²) in [5.74, 6) is 1.82. The lowest BCUT2D eigenvalue weighted by Gasteiger charge is -2.34. The van der Waals surface area contributed by atoms with Crippen LogP contribution in [0.4, 0.5) is 0 Å². The lowest BCUT2D eigenvalue weighted by Crippen LogP contribution is -2.40. The smallest absolute Gasteiger partial charge is 0.226 e. The van der Waals surface area contributed by atoms with E-state index in [1.54, 1.807) is 0 Å². The largest absolute Gasteiger partial charge is 0.342 e. The standard InChI is InChI=1S/C17H25NO/c1-13(2)16-7-9-18(10-8-16)17(19)12-15-6-4-5-14(3)11-15/h4-6,11,13,16H,7-10,12H2,1-3H3. The number of carbonyl (C=O) groups excluding carboxylic acids is 1. The van der Waals surface area contributed by atoms with Gasteiger partial charge in [-0.15, -0.1) is 0 Å². The van der Waals surface area contributed by atoms with Crippen molar-refractivity contribution < 1.29 is 4.79 Å². The maximum Gasteiger partial charge on any atom is 0.226 e. The third kappa shape index (κ3) is 3.82. The Bertz CT molecular complexity index is 431. The SMILES string of the molecule is Cc1cccc(CC(=O)N2CCC(C(C)C)CC2)c1. The average molecular weight is 259 g/mol. The molecule has 1 fully saturated rings. The molecule has 0 aromatic heterocycles. The third-order valence-electron chi connectivity index (χ3n) is 4.27. The van der Waals surface area contributed by atoms with Gasteiger partial charge < -0.3 is 4.90 Å². The zero-order chi connectivity index (χ0) is 13.8. The van der Waals surface area contributed by atoms with Crippen LogP contribution in [0.5, 0.6) is 0 Å². The van der Waals surface area contributed by atoms with Crippen molar-refractivity contribution in [3.63, 3.8) is 0 Å². The lowest BCUT2D eigenvalue weighted by atomic mass is 9.86. The fraction of sp³-hybridized carbons (Fsp3) is 0.588. The van der Waals surface area contributed by atoms with Gasteiger partial charge in [-0.05, 0) is 37.2 Å². The Kier molecular flexibility index (Phi) is 4.62. The second-order valence-corrected chi connectivity index (χ2v) is 6.13. The Morgan fingerprint density at radius 2 is 2.00 bits per heavy atom. The molecule has 0 aliphatic carbocycles. The molecule has 2 nitrogen and oxygen atoms in total. The molecule has 19 heavy (non-hydrogen) atoms. The van der Waals surface area contributed by atoms with Gasteiger partial charge in [0.05, 0.1) is 6.42 Å². The maximum absolute atomic E-state index is 12.3. The van der Waals surface area contributed by atoms with E-state index in [1.165, 1.54) is 5.56 Å². The lowest BCUT2D eigenvalue weighted by molar-refractivity contribution is -0.132. The van der Waals surface area contributed by atoms with Crippen LogP contribution >= 0.6 is 0 Å². The maximum atomic E-state index is 12.3. The zero-order valence-corrected chi connectivity index (χ0v) is 12.4. The first-order chi connectivity index (χ1) is 9.06. The van der Waals surface area contributed by atoms with Gasteiger partial charge >= 0.3 is 0 Å². The molecule has 2 heteroatoms. The highest BCUT2D eigenvalue weighted by atomic mass is 16.2. The number of piperidine rings is 1. The molecule has 1 aromatic carbocycles. The Morgan fingerprint density at radius 1 is 1.32 bits per heavy atom. The van der Waals surface area contributed by atoms with Gasteiger partial charge in [0.1, 0.15) is 0 Å². The second kappa shape index (κ2) is 6.23. The second-order valence-electron chi connectivity index (χ2n) is 6.13. The summed E-state index contributed by atoms with van der Waals surface area (Å²) in [6, 6.07) is 8.26. The van der Waals surface area contributed by atoms with Crippen molar-refractivity contribution in [2.45, 2.75) is 40.0 Å². The van der Waals surface area contributed by atoms with E-state index < -0.39 is 0 Å². The summed E-state index contributed by atoms with van der Waals surface area (Å²) in [6.45, 7) is 8.52. The fourth-order valence-corrected chi connectivity index (χ4v) is 2.92. The summed E-state index contributed by atoms with van der Waals surface area (Å²) >= 11 is 0. The van der Waals surface area contributed by atoms with Crippen LogP contribution in [-0.4, -0.2) is 23.9 Å². The van der Waals surface area contributed by atoms with Crippen LogP contribution < -0.4 is 0 Å². The molecule has 0 atom stereocenters. The van der Waals surface area contributed by atoms with Crippen molar-refractivity contribution >= 4 is 5.91 Å². The van der Waals surface area contributed by atoms with Crippen molar-refractivity contribution in [2.75, 3.05) is 13.1 Å². The van der Waals surface area contributed by atoms with E-state index in [9.17, 15) is 4.79 Å². The van der Waals surface area contributed by atoms with E-state index in [2.05, 4.69) is 32.9 Å². The van der Waals surface area contributed by atoms with Gasteiger partial charge in [-0.3, -0.25) is 4.79 Å². The van der Waals surface area contributed by atoms with Crippen LogP contribution in [0.1, 0.15) is 37.8 Å². The van der Waals surface area contributed by atoms with Crippen LogP contribution in [0.2, 0.25) is 0 Å². The van der Waals surface area contributed by atoms with E-state index in [0.29, 0.717) is 6.42 Å². The number of hydrogen-bond acceptors (Lipinski definition) is 1. The van der Waals surface area contributed by atoms with Crippen molar-refractivity contribution in [2.24, 2.45) is 11.8 Å². The van der Waals surface area contributed by atoms with Gasteiger partial charge in [0.2, 0.25) is 5.91 Å². The molecule has 0 saturated carbocycles. The van der Waals surface area contributed by atoms with Gasteiger partial charge in [-0.25, -0.2) is 0 Å². The molecule has 0 spiro atoms. The zero-order valence-electron chi connectivity index (χ0n) is 12.4. The first-order valence-electron chi connectivity index (χ1n) is 7.39. The number of hydrogen-bond donors (Lipinski definition) is 0. The summed E-state index contributed by atoms with van der Waals surface area (Å²) < 4.78 is 0. The Morgan fingerprint density at radius 3 is 2.58 bits per heavy atom. The van der Waals surface area contributed by atoms with Gasteiger partial charge in [-0.1, -0.05) is 43.7 Å². The Balaban J connectivity index is 1.88. The molecule has 1 heterocycles. The van der Waals surface area contributed by atoms with Crippen LogP contribution in [0.25, 0.3) is 0 Å². The van der Waals surface area contributed by atoms with Crippen molar-refractivity contribution in [1.82, 2.24) is 4.90 Å². The molecular formula is C17H25NO. The van der Waals surface area contributed by atoms with Crippen LogP contribution in [0, 0.1) is 18.8 Å². The van der Waals surface area contributed by atoms with E-state index in [1.807, 2.05) is 17.0 Å². The highest BCUT2D eigenvalue weighted by molar-refractivity contribution is 5.78. The van der Waals surface area contributed by atoms with E-state index in [4.69, 9.17) is 0 Å². The van der Waals surface area contributed by atoms with E-state index >= 15 is 0 Å². The predicted molar refractivity (Wildman–Crippen MR) is 79.0 cm³/mol. The number of rotatable bonds is 3. The molecule has 1 aliphatic heterocycles. The first kappa shape index (κ1) is 14.1. The fourth-order valence-electron chi connectivity index (χ4n) is 2.92. The minimum Gasteiger partial charge on any atom is -0.342 e. The Hall–Kier alpha value is -1.31. The molecule has 0 N–H and O–H groups in total. The van der Waals surface area contributed by atoms with Crippen molar-refractivity contribution in [1.29, 1.82) is 0 Å². The summed E-state index contributed by atoms with van der Waals surface area (Å²) in [5, 5.41) is 0. The number of likely N-dealkylation sites (tertiary alicyclic amines) is 1. The van der Waals surface area contributed by atoms with E-state index in [-0.39, 0.29) is 5.91 Å². The normalized spacial score (nSPS) is 16.9. The van der Waals surface area contributed by atoms with Crippen LogP contribution in [0.3, 0.4) is 0 Å². The van der Waals surface area contributed by atoms with Gasteiger partial charge in [0.25, 0.3) is 0 Å². The molecule has 1 saturated heterocycles. The molecule has 0 radical (unpaired) electrons. The highest BCUT2D eigenvalue weighted by Crippen LogP contribution is 2.24. The highest BCUT2D eigenvalue weighted by Gasteiger charge is 2.24. The summed E-state index contributed by atoms with van der Waals surface area (Å²) in [5.41, 5.74) is 2.36. The average Bonchev–Trinajstić information content (AvgIpc) is 2.39. The molecule has 0 bridgehead atoms. The molecule has 1 aromatic rings. The summed E-state index contributed by atoms with van der Waals surface area (Å²) in [7, 11) is 0. The van der Waals surface area contributed by atoms with Crippen LogP contribution in [-0.2, 0) is 11.2 Å². The van der Waals surface area contributed by atoms with Gasteiger partial charge in [0.15, 0.2) is 0 Å². The quantitative estimate of drug-likeness (QED) is 0.814. The Labute approximate surface area is 116 Å². The first-order valence-corrected chi connectivity index (χ1v) is 7.39. The molecule has 2 rings (SSSR count). The topological polar surface area (TPSA) is 20.3 Å². The molecule has 104 valence electrons. The molecule has 0 unspecified atom stereocenters. The van der Waals surface area contributed by atoms with Gasteiger partial charge in [0, 0.05) is 13.1 Å². The number of carbonyl (C=O) groups is 1. The number of amides is 1. The minimum absolute atomic E-state index is 0.285. The molecular weight excluding hydrogens is 234 g/mol. The minimum atomic E-state index is 0.285. The predicted octanol–water partition coefficient (Wildman–Crippen LogP) is 3.43. The van der Waals surface area contributed by atoms with Crippen molar-refractivity contribution in [3.05, 3.63) is 35.4 Å². The molecule has 1 aliphatic rings. The van der Waals surface area contributed by atoms with E-state index in [0.717, 1.165) is 43.3 Å². The number of nitrogens with zero attached hydrogens (tertiary/aromatic N) is 1. The van der Waals surface area contributed by atoms with Crippen LogP contribution in [0.15, 0.2) is 24.3 Å². The molecule has 1 amide bonds. The van der Waals surface area contributed by atoms with Crippen molar-refractivity contribution in [3.8, 4) is 0 Å². The number of benzene rings is 1. The summed E-state index contributed by atoms with van der Waals surface area (Å²) in [6.07, 6.45) is 2.88. The summed E-state index contributed by atoms with van der Waals surface area (Å²) in [4.78, 5) is 14.3.